The number of aromatic nitrogens is 2. The summed E-state index contributed by atoms with van der Waals surface area (Å²) < 4.78 is 1.34. The van der Waals surface area contributed by atoms with Crippen molar-refractivity contribution in [2.75, 3.05) is 26.2 Å². The fourth-order valence-corrected chi connectivity index (χ4v) is 4.14. The van der Waals surface area contributed by atoms with Crippen molar-refractivity contribution in [2.24, 2.45) is 5.41 Å². The van der Waals surface area contributed by atoms with Gasteiger partial charge in [-0.2, -0.15) is 0 Å². The molecule has 26 heavy (non-hydrogen) atoms. The van der Waals surface area contributed by atoms with Gasteiger partial charge in [-0.05, 0) is 26.2 Å². The van der Waals surface area contributed by atoms with Crippen LogP contribution in [0.1, 0.15) is 39.0 Å². The van der Waals surface area contributed by atoms with E-state index in [0.717, 1.165) is 32.4 Å². The molecule has 0 radical (unpaired) electrons. The molecule has 3 rings (SSSR count). The Bertz CT molecular complexity index is 799. The van der Waals surface area contributed by atoms with Gasteiger partial charge in [-0.15, -0.1) is 0 Å². The monoisotopic (exact) mass is 362 g/mol. The lowest BCUT2D eigenvalue weighted by Gasteiger charge is -2.48. The van der Waals surface area contributed by atoms with E-state index in [4.69, 9.17) is 0 Å². The highest BCUT2D eigenvalue weighted by atomic mass is 16.2. The third-order valence-electron chi connectivity index (χ3n) is 5.61. The second-order valence-electron chi connectivity index (χ2n) is 7.38. The third kappa shape index (κ3) is 3.89. The van der Waals surface area contributed by atoms with Crippen LogP contribution in [0.3, 0.4) is 0 Å². The lowest BCUT2D eigenvalue weighted by atomic mass is 9.73. The average molecular weight is 362 g/mol. The average Bonchev–Trinajstić information content (AvgIpc) is 2.63. The Morgan fingerprint density at radius 2 is 2.04 bits per heavy atom. The van der Waals surface area contributed by atoms with Gasteiger partial charge in [-0.3, -0.25) is 19.4 Å². The van der Waals surface area contributed by atoms with E-state index < -0.39 is 11.2 Å². The van der Waals surface area contributed by atoms with Crippen LogP contribution in [-0.4, -0.2) is 57.3 Å². The minimum atomic E-state index is -0.496. The topological polar surface area (TPSA) is 95.5 Å². The largest absolute Gasteiger partial charge is 0.342 e. The van der Waals surface area contributed by atoms with Gasteiger partial charge in [0.2, 0.25) is 11.8 Å². The highest BCUT2D eigenvalue weighted by molar-refractivity contribution is 5.78. The first-order valence-corrected chi connectivity index (χ1v) is 9.28. The van der Waals surface area contributed by atoms with Crippen LogP contribution in [0.15, 0.2) is 21.9 Å². The molecule has 0 saturated carbocycles. The molecule has 0 aliphatic carbocycles. The van der Waals surface area contributed by atoms with E-state index in [-0.39, 0.29) is 30.2 Å². The Labute approximate surface area is 151 Å². The lowest BCUT2D eigenvalue weighted by molar-refractivity contribution is -0.142. The second kappa shape index (κ2) is 7.47. The maximum Gasteiger partial charge on any atom is 0.328 e. The molecule has 8 heteroatoms. The number of H-pyrrole nitrogens is 1. The molecule has 1 aromatic rings. The van der Waals surface area contributed by atoms with Gasteiger partial charge in [0, 0.05) is 63.2 Å². The fraction of sp³-hybridized carbons (Fsp3) is 0.667. The Balaban J connectivity index is 1.62. The summed E-state index contributed by atoms with van der Waals surface area (Å²) in [6.45, 7) is 5.08. The minimum absolute atomic E-state index is 0.00660. The summed E-state index contributed by atoms with van der Waals surface area (Å²) in [7, 11) is 0. The first kappa shape index (κ1) is 18.4. The number of carbonyl (C=O) groups is 2. The van der Waals surface area contributed by atoms with Crippen LogP contribution in [0.25, 0.3) is 0 Å². The summed E-state index contributed by atoms with van der Waals surface area (Å²) in [5.41, 5.74) is -0.931. The molecule has 3 heterocycles. The normalized spacial score (nSPS) is 23.5. The fourth-order valence-electron chi connectivity index (χ4n) is 4.14. The molecule has 1 atom stereocenters. The van der Waals surface area contributed by atoms with Crippen LogP contribution in [-0.2, 0) is 16.1 Å². The summed E-state index contributed by atoms with van der Waals surface area (Å²) in [5, 5.41) is 0. The van der Waals surface area contributed by atoms with E-state index in [1.165, 1.54) is 16.8 Å². The van der Waals surface area contributed by atoms with Crippen LogP contribution >= 0.6 is 0 Å². The number of nitrogens with one attached hydrogen (secondary N) is 1. The summed E-state index contributed by atoms with van der Waals surface area (Å²) >= 11 is 0. The molecular formula is C18H26N4O4. The van der Waals surface area contributed by atoms with Gasteiger partial charge in [0.05, 0.1) is 0 Å². The molecule has 0 bridgehead atoms. The molecule has 2 fully saturated rings. The van der Waals surface area contributed by atoms with Crippen LogP contribution in [0, 0.1) is 5.41 Å². The Hall–Kier alpha value is -2.38. The highest BCUT2D eigenvalue weighted by Crippen LogP contribution is 2.38. The molecule has 1 spiro atoms. The predicted molar refractivity (Wildman–Crippen MR) is 95.7 cm³/mol. The van der Waals surface area contributed by atoms with Gasteiger partial charge in [0.1, 0.15) is 0 Å². The number of amides is 2. The van der Waals surface area contributed by atoms with E-state index in [2.05, 4.69) is 4.98 Å². The first-order valence-electron chi connectivity index (χ1n) is 9.28. The summed E-state index contributed by atoms with van der Waals surface area (Å²) in [5.74, 6) is 0.223. The number of carbonyl (C=O) groups excluding carboxylic acids is 2. The number of piperidine rings is 2. The Kier molecular flexibility index (Phi) is 5.29. The van der Waals surface area contributed by atoms with Crippen molar-refractivity contribution in [3.63, 3.8) is 0 Å². The molecule has 0 unspecified atom stereocenters. The summed E-state index contributed by atoms with van der Waals surface area (Å²) in [6, 6.07) is 1.28. The van der Waals surface area contributed by atoms with Crippen molar-refractivity contribution in [1.82, 2.24) is 19.4 Å². The predicted octanol–water partition coefficient (Wildman–Crippen LogP) is 0.178. The highest BCUT2D eigenvalue weighted by Gasteiger charge is 2.42. The third-order valence-corrected chi connectivity index (χ3v) is 5.61. The minimum Gasteiger partial charge on any atom is -0.342 e. The molecular weight excluding hydrogens is 336 g/mol. The van der Waals surface area contributed by atoms with Crippen LogP contribution in [0.4, 0.5) is 0 Å². The van der Waals surface area contributed by atoms with Gasteiger partial charge < -0.3 is 14.4 Å². The zero-order valence-corrected chi connectivity index (χ0v) is 15.2. The number of likely N-dealkylation sites (tertiary alicyclic amines) is 2. The van der Waals surface area contributed by atoms with E-state index in [0.29, 0.717) is 19.5 Å². The van der Waals surface area contributed by atoms with Crippen LogP contribution in [0.2, 0.25) is 0 Å². The molecule has 1 aromatic heterocycles. The standard InChI is InChI=1S/C18H26N4O4/c1-2-20-12-18(8-4-15(20)24)7-3-9-22(13-18)16(25)6-11-21-10-5-14(23)19-17(21)26/h5,10H,2-4,6-9,11-13H2,1H3,(H,19,23,26)/t18-/m1/s1. The number of aryl methyl sites for hydroxylation is 1. The van der Waals surface area contributed by atoms with Gasteiger partial charge >= 0.3 is 5.69 Å². The smallest absolute Gasteiger partial charge is 0.328 e. The first-order chi connectivity index (χ1) is 12.4. The SMILES string of the molecule is CCN1C[C@@]2(CCCN(C(=O)CCn3ccc(=O)[nH]c3=O)C2)CCC1=O. The van der Waals surface area contributed by atoms with Crippen LogP contribution in [0.5, 0.6) is 0 Å². The van der Waals surface area contributed by atoms with E-state index in [1.807, 2.05) is 16.7 Å². The molecule has 142 valence electrons. The zero-order valence-electron chi connectivity index (χ0n) is 15.2. The molecule has 1 N–H and O–H groups in total. The maximum atomic E-state index is 12.6. The Morgan fingerprint density at radius 3 is 2.77 bits per heavy atom. The summed E-state index contributed by atoms with van der Waals surface area (Å²) in [4.78, 5) is 53.4. The van der Waals surface area contributed by atoms with E-state index >= 15 is 0 Å². The van der Waals surface area contributed by atoms with Gasteiger partial charge in [-0.25, -0.2) is 4.79 Å². The molecule has 2 saturated heterocycles. The molecule has 2 aliphatic rings. The second-order valence-corrected chi connectivity index (χ2v) is 7.38. The van der Waals surface area contributed by atoms with Crippen molar-refractivity contribution in [1.29, 1.82) is 0 Å². The van der Waals surface area contributed by atoms with Crippen LogP contribution < -0.4 is 11.2 Å². The lowest BCUT2D eigenvalue weighted by Crippen LogP contribution is -2.55. The van der Waals surface area contributed by atoms with Gasteiger partial charge in [0.25, 0.3) is 5.56 Å². The van der Waals surface area contributed by atoms with Crippen molar-refractivity contribution in [3.05, 3.63) is 33.1 Å². The molecule has 0 aromatic carbocycles. The van der Waals surface area contributed by atoms with Crippen molar-refractivity contribution in [2.45, 2.75) is 45.6 Å². The number of nitrogens with zero attached hydrogens (tertiary/aromatic N) is 3. The maximum absolute atomic E-state index is 12.6. The number of hydrogen-bond acceptors (Lipinski definition) is 4. The number of rotatable bonds is 4. The van der Waals surface area contributed by atoms with E-state index in [9.17, 15) is 19.2 Å². The molecule has 2 aliphatic heterocycles. The van der Waals surface area contributed by atoms with Crippen molar-refractivity contribution in [3.8, 4) is 0 Å². The molecule has 8 nitrogen and oxygen atoms in total. The quantitative estimate of drug-likeness (QED) is 0.826. The Morgan fingerprint density at radius 1 is 1.23 bits per heavy atom. The summed E-state index contributed by atoms with van der Waals surface area (Å²) in [6.07, 6.45) is 5.01. The number of hydrogen-bond donors (Lipinski definition) is 1. The zero-order chi connectivity index (χ0) is 18.7. The number of aromatic amines is 1. The van der Waals surface area contributed by atoms with Crippen molar-refractivity contribution < 1.29 is 9.59 Å². The van der Waals surface area contributed by atoms with Crippen molar-refractivity contribution >= 4 is 11.8 Å². The molecule has 2 amide bonds. The van der Waals surface area contributed by atoms with Gasteiger partial charge in [-0.1, -0.05) is 0 Å². The van der Waals surface area contributed by atoms with E-state index in [1.54, 1.807) is 0 Å². The van der Waals surface area contributed by atoms with Gasteiger partial charge in [0.15, 0.2) is 0 Å².